The van der Waals surface area contributed by atoms with Gasteiger partial charge in [-0.2, -0.15) is 0 Å². The molecule has 1 atom stereocenters. The maximum atomic E-state index is 12.4. The third-order valence-electron chi connectivity index (χ3n) is 4.09. The van der Waals surface area contributed by atoms with Crippen molar-refractivity contribution in [2.45, 2.75) is 47.1 Å². The minimum atomic E-state index is -0.556. The SMILES string of the molecule is CCc1ccccc1NC(=O)C(C)Oc1cc(C)cc(C)c1C. The van der Waals surface area contributed by atoms with E-state index in [0.29, 0.717) is 0 Å². The van der Waals surface area contributed by atoms with Crippen LogP contribution in [0.3, 0.4) is 0 Å². The molecule has 0 radical (unpaired) electrons. The molecule has 2 aromatic rings. The first-order valence-corrected chi connectivity index (χ1v) is 8.05. The van der Waals surface area contributed by atoms with E-state index in [4.69, 9.17) is 4.74 Å². The number of nitrogens with one attached hydrogen (secondary N) is 1. The monoisotopic (exact) mass is 311 g/mol. The van der Waals surface area contributed by atoms with Crippen molar-refractivity contribution in [1.82, 2.24) is 0 Å². The normalized spacial score (nSPS) is 11.9. The Morgan fingerprint density at radius 1 is 1.17 bits per heavy atom. The summed E-state index contributed by atoms with van der Waals surface area (Å²) in [4.78, 5) is 12.4. The number of carbonyl (C=O) groups is 1. The van der Waals surface area contributed by atoms with Crippen LogP contribution in [-0.4, -0.2) is 12.0 Å². The molecule has 0 bridgehead atoms. The Morgan fingerprint density at radius 2 is 1.87 bits per heavy atom. The van der Waals surface area contributed by atoms with Crippen LogP contribution in [0.2, 0.25) is 0 Å². The van der Waals surface area contributed by atoms with Gasteiger partial charge in [0.25, 0.3) is 5.91 Å². The van der Waals surface area contributed by atoms with Crippen molar-refractivity contribution in [2.75, 3.05) is 5.32 Å². The lowest BCUT2D eigenvalue weighted by Crippen LogP contribution is -2.30. The first-order chi connectivity index (χ1) is 10.9. The maximum absolute atomic E-state index is 12.4. The Balaban J connectivity index is 2.12. The van der Waals surface area contributed by atoms with E-state index < -0.39 is 6.10 Å². The number of hydrogen-bond donors (Lipinski definition) is 1. The molecule has 0 saturated carbocycles. The van der Waals surface area contributed by atoms with Gasteiger partial charge in [-0.1, -0.05) is 31.2 Å². The van der Waals surface area contributed by atoms with Crippen LogP contribution < -0.4 is 10.1 Å². The third-order valence-corrected chi connectivity index (χ3v) is 4.09. The standard InChI is InChI=1S/C20H25NO2/c1-6-17-9-7-8-10-18(17)21-20(22)16(5)23-19-12-13(2)11-14(3)15(19)4/h7-12,16H,6H2,1-5H3,(H,21,22). The van der Waals surface area contributed by atoms with Crippen LogP contribution in [0.1, 0.15) is 36.1 Å². The van der Waals surface area contributed by atoms with E-state index in [1.165, 1.54) is 5.56 Å². The quantitative estimate of drug-likeness (QED) is 0.877. The highest BCUT2D eigenvalue weighted by atomic mass is 16.5. The van der Waals surface area contributed by atoms with E-state index in [9.17, 15) is 4.79 Å². The molecular formula is C20H25NO2. The van der Waals surface area contributed by atoms with E-state index >= 15 is 0 Å². The fraction of sp³-hybridized carbons (Fsp3) is 0.350. The largest absolute Gasteiger partial charge is 0.481 e. The maximum Gasteiger partial charge on any atom is 0.265 e. The van der Waals surface area contributed by atoms with Gasteiger partial charge < -0.3 is 10.1 Å². The Labute approximate surface area is 138 Å². The lowest BCUT2D eigenvalue weighted by atomic mass is 10.1. The van der Waals surface area contributed by atoms with Gasteiger partial charge in [0.15, 0.2) is 6.10 Å². The second-order valence-corrected chi connectivity index (χ2v) is 5.96. The number of hydrogen-bond acceptors (Lipinski definition) is 2. The average Bonchev–Trinajstić information content (AvgIpc) is 2.52. The molecule has 0 aliphatic rings. The van der Waals surface area contributed by atoms with Crippen LogP contribution in [0.5, 0.6) is 5.75 Å². The van der Waals surface area contributed by atoms with E-state index in [1.807, 2.05) is 44.2 Å². The summed E-state index contributed by atoms with van der Waals surface area (Å²) >= 11 is 0. The highest BCUT2D eigenvalue weighted by Crippen LogP contribution is 2.24. The summed E-state index contributed by atoms with van der Waals surface area (Å²) in [5.74, 6) is 0.637. The summed E-state index contributed by atoms with van der Waals surface area (Å²) in [5, 5.41) is 2.97. The van der Waals surface area contributed by atoms with Gasteiger partial charge in [-0.25, -0.2) is 0 Å². The molecule has 0 aliphatic carbocycles. The molecule has 0 spiro atoms. The topological polar surface area (TPSA) is 38.3 Å². The van der Waals surface area contributed by atoms with E-state index in [2.05, 4.69) is 25.2 Å². The van der Waals surface area contributed by atoms with Crippen LogP contribution in [0.15, 0.2) is 36.4 Å². The molecule has 2 aromatic carbocycles. The van der Waals surface area contributed by atoms with Crippen molar-refractivity contribution >= 4 is 11.6 Å². The average molecular weight is 311 g/mol. The fourth-order valence-corrected chi connectivity index (χ4v) is 2.55. The van der Waals surface area contributed by atoms with Gasteiger partial charge in [0.05, 0.1) is 0 Å². The molecule has 1 unspecified atom stereocenters. The number of ether oxygens (including phenoxy) is 1. The summed E-state index contributed by atoms with van der Waals surface area (Å²) in [6.07, 6.45) is 0.321. The van der Waals surface area contributed by atoms with Crippen molar-refractivity contribution in [1.29, 1.82) is 0 Å². The number of para-hydroxylation sites is 1. The summed E-state index contributed by atoms with van der Waals surface area (Å²) in [7, 11) is 0. The Hall–Kier alpha value is -2.29. The number of amides is 1. The van der Waals surface area contributed by atoms with Gasteiger partial charge >= 0.3 is 0 Å². The van der Waals surface area contributed by atoms with Gasteiger partial charge in [-0.3, -0.25) is 4.79 Å². The number of benzene rings is 2. The fourth-order valence-electron chi connectivity index (χ4n) is 2.55. The van der Waals surface area contributed by atoms with Gasteiger partial charge in [0, 0.05) is 5.69 Å². The summed E-state index contributed by atoms with van der Waals surface area (Å²) in [5.41, 5.74) is 5.35. The molecule has 0 saturated heterocycles. The van der Waals surface area contributed by atoms with Gasteiger partial charge in [0.2, 0.25) is 0 Å². The van der Waals surface area contributed by atoms with Crippen LogP contribution in [-0.2, 0) is 11.2 Å². The molecule has 0 fully saturated rings. The summed E-state index contributed by atoms with van der Waals surface area (Å²) in [6, 6.07) is 11.9. The number of aryl methyl sites for hydroxylation is 3. The van der Waals surface area contributed by atoms with Crippen LogP contribution in [0.25, 0.3) is 0 Å². The van der Waals surface area contributed by atoms with Crippen LogP contribution in [0.4, 0.5) is 5.69 Å². The molecule has 23 heavy (non-hydrogen) atoms. The highest BCUT2D eigenvalue weighted by Gasteiger charge is 2.17. The first-order valence-electron chi connectivity index (χ1n) is 8.05. The van der Waals surface area contributed by atoms with E-state index in [1.54, 1.807) is 6.92 Å². The van der Waals surface area contributed by atoms with Crippen LogP contribution >= 0.6 is 0 Å². The van der Waals surface area contributed by atoms with Crippen molar-refractivity contribution in [3.05, 3.63) is 58.7 Å². The molecule has 0 aliphatic heterocycles. The molecular weight excluding hydrogens is 286 g/mol. The van der Waals surface area contributed by atoms with Gasteiger partial charge in [-0.15, -0.1) is 0 Å². The van der Waals surface area contributed by atoms with Crippen molar-refractivity contribution in [3.63, 3.8) is 0 Å². The first kappa shape index (κ1) is 17.1. The van der Waals surface area contributed by atoms with Crippen LogP contribution in [0, 0.1) is 20.8 Å². The number of carbonyl (C=O) groups excluding carboxylic acids is 1. The molecule has 0 heterocycles. The second kappa shape index (κ2) is 7.32. The minimum absolute atomic E-state index is 0.135. The van der Waals surface area contributed by atoms with Gasteiger partial charge in [-0.05, 0) is 68.5 Å². The molecule has 1 amide bonds. The Kier molecular flexibility index (Phi) is 5.43. The molecule has 3 heteroatoms. The van der Waals surface area contributed by atoms with Crippen molar-refractivity contribution in [2.24, 2.45) is 0 Å². The zero-order valence-electron chi connectivity index (χ0n) is 14.6. The third kappa shape index (κ3) is 4.13. The van der Waals surface area contributed by atoms with E-state index in [0.717, 1.165) is 34.5 Å². The summed E-state index contributed by atoms with van der Waals surface area (Å²) in [6.45, 7) is 9.95. The Morgan fingerprint density at radius 3 is 2.57 bits per heavy atom. The molecule has 3 nitrogen and oxygen atoms in total. The smallest absolute Gasteiger partial charge is 0.265 e. The zero-order chi connectivity index (χ0) is 17.0. The zero-order valence-corrected chi connectivity index (χ0v) is 14.6. The predicted octanol–water partition coefficient (Wildman–Crippen LogP) is 4.58. The molecule has 0 aromatic heterocycles. The number of rotatable bonds is 5. The molecule has 122 valence electrons. The molecule has 2 rings (SSSR count). The number of anilines is 1. The van der Waals surface area contributed by atoms with Crippen molar-refractivity contribution < 1.29 is 9.53 Å². The highest BCUT2D eigenvalue weighted by molar-refractivity contribution is 5.94. The Bertz CT molecular complexity index is 707. The minimum Gasteiger partial charge on any atom is -0.481 e. The predicted molar refractivity (Wildman–Crippen MR) is 95.2 cm³/mol. The second-order valence-electron chi connectivity index (χ2n) is 5.96. The lowest BCUT2D eigenvalue weighted by molar-refractivity contribution is -0.122. The molecule has 1 N–H and O–H groups in total. The van der Waals surface area contributed by atoms with Crippen molar-refractivity contribution in [3.8, 4) is 5.75 Å². The summed E-state index contributed by atoms with van der Waals surface area (Å²) < 4.78 is 5.90. The van der Waals surface area contributed by atoms with Gasteiger partial charge in [0.1, 0.15) is 5.75 Å². The van der Waals surface area contributed by atoms with E-state index in [-0.39, 0.29) is 5.91 Å². The lowest BCUT2D eigenvalue weighted by Gasteiger charge is -2.18.